The molecule has 3 aliphatic heterocycles. The van der Waals surface area contributed by atoms with Gasteiger partial charge in [0.05, 0.1) is 17.9 Å². The van der Waals surface area contributed by atoms with Gasteiger partial charge in [-0.15, -0.1) is 0 Å². The van der Waals surface area contributed by atoms with Crippen LogP contribution >= 0.6 is 0 Å². The Morgan fingerprint density at radius 1 is 1.18 bits per heavy atom. The quantitative estimate of drug-likeness (QED) is 0.723. The van der Waals surface area contributed by atoms with Gasteiger partial charge in [0.25, 0.3) is 0 Å². The monoisotopic (exact) mass is 456 g/mol. The fourth-order valence-corrected chi connectivity index (χ4v) is 5.54. The van der Waals surface area contributed by atoms with Gasteiger partial charge in [0.1, 0.15) is 11.8 Å². The lowest BCUT2D eigenvalue weighted by atomic mass is 9.95. The van der Waals surface area contributed by atoms with Gasteiger partial charge in [0.2, 0.25) is 5.91 Å². The van der Waals surface area contributed by atoms with E-state index in [2.05, 4.69) is 27.4 Å². The number of aryl methyl sites for hydroxylation is 1. The van der Waals surface area contributed by atoms with Gasteiger partial charge in [-0.25, -0.2) is 14.2 Å². The number of pyridine rings is 1. The van der Waals surface area contributed by atoms with Gasteiger partial charge < -0.3 is 14.8 Å². The van der Waals surface area contributed by atoms with Crippen molar-refractivity contribution in [3.8, 4) is 0 Å². The number of urea groups is 1. The van der Waals surface area contributed by atoms with Crippen molar-refractivity contribution in [2.75, 3.05) is 44.2 Å². The molecule has 0 spiro atoms. The second kappa shape index (κ2) is 9.38. The average molecular weight is 457 g/mol. The number of carbonyl (C=O) groups excluding carboxylic acids is 2. The minimum Gasteiger partial charge on any atom is -0.326 e. The van der Waals surface area contributed by atoms with Crippen LogP contribution in [-0.2, 0) is 11.2 Å². The number of carbonyl (C=O) groups is 2. The zero-order valence-corrected chi connectivity index (χ0v) is 19.2. The van der Waals surface area contributed by atoms with Crippen LogP contribution in [0.25, 0.3) is 11.0 Å². The molecule has 2 N–H and O–H groups in total. The van der Waals surface area contributed by atoms with E-state index in [9.17, 15) is 9.59 Å². The van der Waals surface area contributed by atoms with E-state index in [1.165, 1.54) is 12.8 Å². The lowest BCUT2D eigenvalue weighted by Crippen LogP contribution is -2.49. The second-order valence-corrected chi connectivity index (χ2v) is 9.56. The van der Waals surface area contributed by atoms with Crippen LogP contribution in [0.15, 0.2) is 18.5 Å². The normalized spacial score (nSPS) is 25.6. The predicted molar refractivity (Wildman–Crippen MR) is 125 cm³/mol. The molecular weight excluding hydrogens is 423 g/mol. The average Bonchev–Trinajstić information content (AvgIpc) is 3.17. The molecule has 2 atom stereocenters. The highest BCUT2D eigenvalue weighted by atomic mass is 19.1. The van der Waals surface area contributed by atoms with Crippen LogP contribution in [0.4, 0.5) is 14.9 Å². The number of alkyl halides is 1. The topological polar surface area (TPSA) is 82.5 Å². The number of halogens is 1. The molecule has 0 saturated carbocycles. The summed E-state index contributed by atoms with van der Waals surface area (Å²) in [6, 6.07) is 1.30. The Hall–Kier alpha value is -2.52. The molecule has 0 radical (unpaired) electrons. The largest absolute Gasteiger partial charge is 0.328 e. The van der Waals surface area contributed by atoms with E-state index in [1.54, 1.807) is 11.1 Å². The SMILES string of the molecule is CCc1cn([C@H]2CCN(CC3CCNCC3)C[C@H]2F)c2ncc(N3CCC(=O)NC3=O)cc12. The van der Waals surface area contributed by atoms with Crippen molar-refractivity contribution in [3.05, 3.63) is 24.0 Å². The Labute approximate surface area is 193 Å². The van der Waals surface area contributed by atoms with Gasteiger partial charge in [-0.05, 0) is 56.3 Å². The summed E-state index contributed by atoms with van der Waals surface area (Å²) in [5, 5.41) is 6.71. The first-order valence-corrected chi connectivity index (χ1v) is 12.2. The summed E-state index contributed by atoms with van der Waals surface area (Å²) in [5.41, 5.74) is 2.52. The zero-order chi connectivity index (χ0) is 22.9. The number of likely N-dealkylation sites (tertiary alicyclic amines) is 1. The minimum atomic E-state index is -0.943. The van der Waals surface area contributed by atoms with E-state index in [1.807, 2.05) is 16.8 Å². The van der Waals surface area contributed by atoms with Crippen molar-refractivity contribution >= 4 is 28.7 Å². The van der Waals surface area contributed by atoms with Gasteiger partial charge in [0, 0.05) is 44.2 Å². The number of hydrogen-bond acceptors (Lipinski definition) is 5. The molecule has 3 aliphatic rings. The van der Waals surface area contributed by atoms with Crippen LogP contribution in [0.1, 0.15) is 44.2 Å². The summed E-state index contributed by atoms with van der Waals surface area (Å²) in [6.07, 6.45) is 6.94. The maximum Gasteiger partial charge on any atom is 0.328 e. The van der Waals surface area contributed by atoms with Crippen molar-refractivity contribution in [1.82, 2.24) is 25.1 Å². The molecule has 2 aromatic heterocycles. The molecule has 3 fully saturated rings. The van der Waals surface area contributed by atoms with Gasteiger partial charge in [-0.2, -0.15) is 0 Å². The van der Waals surface area contributed by atoms with Crippen molar-refractivity contribution in [2.45, 2.75) is 51.2 Å². The third-order valence-electron chi connectivity index (χ3n) is 7.41. The Kier molecular flexibility index (Phi) is 6.34. The lowest BCUT2D eigenvalue weighted by molar-refractivity contribution is -0.120. The molecular formula is C24H33FN6O2. The first-order valence-electron chi connectivity index (χ1n) is 12.2. The van der Waals surface area contributed by atoms with Crippen LogP contribution in [-0.4, -0.2) is 71.8 Å². The maximum absolute atomic E-state index is 15.4. The molecule has 5 heterocycles. The highest BCUT2D eigenvalue weighted by Crippen LogP contribution is 2.33. The number of nitrogens with one attached hydrogen (secondary N) is 2. The third kappa shape index (κ3) is 4.48. The van der Waals surface area contributed by atoms with Crippen molar-refractivity contribution in [1.29, 1.82) is 0 Å². The van der Waals surface area contributed by atoms with E-state index in [0.29, 0.717) is 24.7 Å². The van der Waals surface area contributed by atoms with Crippen LogP contribution in [0, 0.1) is 5.92 Å². The smallest absolute Gasteiger partial charge is 0.326 e. The molecule has 0 unspecified atom stereocenters. The van der Waals surface area contributed by atoms with E-state index in [0.717, 1.165) is 55.6 Å². The number of rotatable bonds is 5. The molecule has 0 bridgehead atoms. The highest BCUT2D eigenvalue weighted by molar-refractivity contribution is 6.06. The first kappa shape index (κ1) is 22.3. The molecule has 178 valence electrons. The Morgan fingerprint density at radius 3 is 2.73 bits per heavy atom. The summed E-state index contributed by atoms with van der Waals surface area (Å²) in [5.74, 6) is 0.405. The maximum atomic E-state index is 15.4. The van der Waals surface area contributed by atoms with Crippen molar-refractivity contribution < 1.29 is 14.0 Å². The van der Waals surface area contributed by atoms with Gasteiger partial charge in [-0.1, -0.05) is 6.92 Å². The molecule has 8 nitrogen and oxygen atoms in total. The molecule has 0 aromatic carbocycles. The number of anilines is 1. The third-order valence-corrected chi connectivity index (χ3v) is 7.41. The Morgan fingerprint density at radius 2 is 2.00 bits per heavy atom. The summed E-state index contributed by atoms with van der Waals surface area (Å²) < 4.78 is 17.5. The van der Waals surface area contributed by atoms with Crippen LogP contribution in [0.3, 0.4) is 0 Å². The highest BCUT2D eigenvalue weighted by Gasteiger charge is 2.33. The molecule has 3 saturated heterocycles. The van der Waals surface area contributed by atoms with Crippen LogP contribution in [0.5, 0.6) is 0 Å². The van der Waals surface area contributed by atoms with E-state index in [-0.39, 0.29) is 18.4 Å². The molecule has 2 aromatic rings. The van der Waals surface area contributed by atoms with Crippen LogP contribution < -0.4 is 15.5 Å². The van der Waals surface area contributed by atoms with E-state index >= 15 is 4.39 Å². The van der Waals surface area contributed by atoms with E-state index in [4.69, 9.17) is 0 Å². The lowest BCUT2D eigenvalue weighted by Gasteiger charge is -2.38. The molecule has 9 heteroatoms. The molecule has 0 aliphatic carbocycles. The summed E-state index contributed by atoms with van der Waals surface area (Å²) in [7, 11) is 0. The molecule has 5 rings (SSSR count). The summed E-state index contributed by atoms with van der Waals surface area (Å²) in [6.45, 7) is 6.90. The fraction of sp³-hybridized carbons (Fsp3) is 0.625. The number of hydrogen-bond donors (Lipinski definition) is 2. The number of fused-ring (bicyclic) bond motifs is 1. The summed E-state index contributed by atoms with van der Waals surface area (Å²) in [4.78, 5) is 32.3. The number of aromatic nitrogens is 2. The number of amides is 3. The second-order valence-electron chi connectivity index (χ2n) is 9.56. The standard InChI is InChI=1S/C24H33FN6O2/c1-2-17-14-31(21-5-9-29(15-20(21)25)13-16-3-7-26-8-4-16)23-19(17)11-18(12-27-23)30-10-6-22(32)28-24(30)33/h11-12,14,16,20-21,26H,2-10,13,15H2,1H3,(H,28,32,33)/t20-,21+/m1/s1. The van der Waals surface area contributed by atoms with Crippen LogP contribution in [0.2, 0.25) is 0 Å². The minimum absolute atomic E-state index is 0.230. The van der Waals surface area contributed by atoms with Gasteiger partial charge >= 0.3 is 6.03 Å². The van der Waals surface area contributed by atoms with Crippen molar-refractivity contribution in [3.63, 3.8) is 0 Å². The van der Waals surface area contributed by atoms with Crippen molar-refractivity contribution in [2.24, 2.45) is 5.92 Å². The zero-order valence-electron chi connectivity index (χ0n) is 19.2. The molecule has 3 amide bonds. The Balaban J connectivity index is 1.35. The van der Waals surface area contributed by atoms with Gasteiger partial charge in [-0.3, -0.25) is 15.0 Å². The summed E-state index contributed by atoms with van der Waals surface area (Å²) >= 11 is 0. The fourth-order valence-electron chi connectivity index (χ4n) is 5.54. The molecule has 33 heavy (non-hydrogen) atoms. The predicted octanol–water partition coefficient (Wildman–Crippen LogP) is 2.63. The number of piperidine rings is 2. The van der Waals surface area contributed by atoms with E-state index < -0.39 is 12.2 Å². The number of nitrogens with zero attached hydrogens (tertiary/aromatic N) is 4. The first-order chi connectivity index (χ1) is 16.0. The number of imide groups is 1. The van der Waals surface area contributed by atoms with Gasteiger partial charge in [0.15, 0.2) is 0 Å². The Bertz CT molecular complexity index is 1030.